The van der Waals surface area contributed by atoms with Gasteiger partial charge in [-0.1, -0.05) is 31.0 Å². The number of thioether (sulfide) groups is 1. The van der Waals surface area contributed by atoms with E-state index in [9.17, 15) is 4.79 Å². The van der Waals surface area contributed by atoms with Crippen molar-refractivity contribution in [1.82, 2.24) is 19.7 Å². The number of nitrogens with zero attached hydrogens (tertiary/aromatic N) is 5. The van der Waals surface area contributed by atoms with Gasteiger partial charge in [-0.3, -0.25) is 9.36 Å². The van der Waals surface area contributed by atoms with Gasteiger partial charge >= 0.3 is 0 Å². The van der Waals surface area contributed by atoms with Gasteiger partial charge < -0.3 is 14.2 Å². The summed E-state index contributed by atoms with van der Waals surface area (Å²) in [4.78, 5) is 17.3. The quantitative estimate of drug-likeness (QED) is 0.609. The molecule has 2 aromatic rings. The van der Waals surface area contributed by atoms with E-state index in [2.05, 4.69) is 31.5 Å². The van der Waals surface area contributed by atoms with E-state index in [1.165, 1.54) is 43.9 Å². The molecule has 0 N–H and O–H groups in total. The zero-order valence-corrected chi connectivity index (χ0v) is 18.1. The average molecular weight is 418 g/mol. The number of rotatable bonds is 8. The molecule has 0 aromatic carbocycles. The van der Waals surface area contributed by atoms with Crippen LogP contribution in [0.25, 0.3) is 0 Å². The number of carbonyl (C=O) groups is 1. The molecule has 3 heterocycles. The summed E-state index contributed by atoms with van der Waals surface area (Å²) in [6.45, 7) is 5.46. The maximum absolute atomic E-state index is 13.0. The Hall–Kier alpha value is -1.96. The average Bonchev–Trinajstić information content (AvgIpc) is 3.51. The van der Waals surface area contributed by atoms with E-state index in [4.69, 9.17) is 4.42 Å². The van der Waals surface area contributed by atoms with Crippen LogP contribution in [0, 0.1) is 0 Å². The first kappa shape index (κ1) is 20.3. The van der Waals surface area contributed by atoms with Crippen LogP contribution in [0.4, 0.5) is 5.95 Å². The fourth-order valence-corrected chi connectivity index (χ4v) is 5.29. The Kier molecular flexibility index (Phi) is 6.79. The lowest BCUT2D eigenvalue weighted by Crippen LogP contribution is -2.42. The van der Waals surface area contributed by atoms with Gasteiger partial charge in [0.25, 0.3) is 0 Å². The second kappa shape index (κ2) is 9.69. The van der Waals surface area contributed by atoms with Crippen LogP contribution in [0.1, 0.15) is 57.6 Å². The highest BCUT2D eigenvalue weighted by Gasteiger charge is 2.26. The molecule has 7 nitrogen and oxygen atoms in total. The van der Waals surface area contributed by atoms with Crippen molar-refractivity contribution >= 4 is 23.6 Å². The highest BCUT2D eigenvalue weighted by atomic mass is 32.2. The smallest absolute Gasteiger partial charge is 0.233 e. The molecule has 2 aromatic heterocycles. The number of aromatic nitrogens is 3. The van der Waals surface area contributed by atoms with Crippen LogP contribution >= 0.6 is 11.8 Å². The van der Waals surface area contributed by atoms with Gasteiger partial charge in [-0.15, -0.1) is 10.2 Å². The Morgan fingerprint density at radius 1 is 1.21 bits per heavy atom. The molecule has 2 fully saturated rings. The largest absolute Gasteiger partial charge is 0.467 e. The Morgan fingerprint density at radius 2 is 2.00 bits per heavy atom. The van der Waals surface area contributed by atoms with E-state index in [1.807, 2.05) is 12.1 Å². The standard InChI is InChI=1S/C21H31N5O2S/c1-2-25(17-9-4-3-5-10-17)19(27)16-29-21-23-22-20(24-12-6-7-13-24)26(21)15-18-11-8-14-28-18/h8,11,14,17H,2-7,9-10,12-13,15-16H2,1H3. The van der Waals surface area contributed by atoms with Crippen molar-refractivity contribution < 1.29 is 9.21 Å². The molecule has 8 heteroatoms. The van der Waals surface area contributed by atoms with Gasteiger partial charge in [0.05, 0.1) is 18.6 Å². The second-order valence-corrected chi connectivity index (χ2v) is 8.84. The molecule has 1 aliphatic carbocycles. The van der Waals surface area contributed by atoms with Crippen LogP contribution < -0.4 is 4.90 Å². The zero-order chi connectivity index (χ0) is 20.1. The van der Waals surface area contributed by atoms with E-state index in [0.717, 1.165) is 49.3 Å². The number of anilines is 1. The Bertz CT molecular complexity index is 779. The molecule has 158 valence electrons. The molecule has 0 bridgehead atoms. The summed E-state index contributed by atoms with van der Waals surface area (Å²) in [5.41, 5.74) is 0. The highest BCUT2D eigenvalue weighted by molar-refractivity contribution is 7.99. The van der Waals surface area contributed by atoms with Crippen LogP contribution in [0.15, 0.2) is 28.0 Å². The first-order valence-electron chi connectivity index (χ1n) is 10.9. The lowest BCUT2D eigenvalue weighted by molar-refractivity contribution is -0.131. The van der Waals surface area contributed by atoms with Crippen molar-refractivity contribution in [3.63, 3.8) is 0 Å². The van der Waals surface area contributed by atoms with Gasteiger partial charge in [0.15, 0.2) is 5.16 Å². The Morgan fingerprint density at radius 3 is 2.69 bits per heavy atom. The summed E-state index contributed by atoms with van der Waals surface area (Å²) in [5.74, 6) is 2.37. The molecule has 1 saturated heterocycles. The van der Waals surface area contributed by atoms with E-state index in [0.29, 0.717) is 18.3 Å². The minimum absolute atomic E-state index is 0.208. The summed E-state index contributed by atoms with van der Waals surface area (Å²) < 4.78 is 7.66. The molecular weight excluding hydrogens is 386 g/mol. The first-order valence-corrected chi connectivity index (χ1v) is 11.9. The molecule has 0 unspecified atom stereocenters. The van der Waals surface area contributed by atoms with E-state index in [1.54, 1.807) is 6.26 Å². The van der Waals surface area contributed by atoms with Gasteiger partial charge in [-0.2, -0.15) is 0 Å². The maximum atomic E-state index is 13.0. The molecule has 0 spiro atoms. The lowest BCUT2D eigenvalue weighted by atomic mass is 9.94. The molecule has 4 rings (SSSR count). The number of hydrogen-bond donors (Lipinski definition) is 0. The number of amides is 1. The fourth-order valence-electron chi connectivity index (χ4n) is 4.48. The first-order chi connectivity index (χ1) is 14.3. The van der Waals surface area contributed by atoms with Crippen LogP contribution in [0.2, 0.25) is 0 Å². The van der Waals surface area contributed by atoms with E-state index in [-0.39, 0.29) is 5.91 Å². The van der Waals surface area contributed by atoms with Gasteiger partial charge in [-0.05, 0) is 44.7 Å². The third-order valence-corrected chi connectivity index (χ3v) is 6.93. The normalized spacial score (nSPS) is 17.8. The minimum atomic E-state index is 0.208. The third-order valence-electron chi connectivity index (χ3n) is 5.98. The van der Waals surface area contributed by atoms with E-state index < -0.39 is 0 Å². The van der Waals surface area contributed by atoms with Crippen molar-refractivity contribution in [3.05, 3.63) is 24.2 Å². The molecule has 1 saturated carbocycles. The Labute approximate surface area is 176 Å². The topological polar surface area (TPSA) is 67.4 Å². The molecule has 1 amide bonds. The summed E-state index contributed by atoms with van der Waals surface area (Å²) in [5, 5.41) is 9.68. The number of carbonyl (C=O) groups excluding carboxylic acids is 1. The van der Waals surface area contributed by atoms with Crippen molar-refractivity contribution in [2.75, 3.05) is 30.3 Å². The van der Waals surface area contributed by atoms with Crippen LogP contribution in [0.5, 0.6) is 0 Å². The van der Waals surface area contributed by atoms with Gasteiger partial charge in [0.2, 0.25) is 11.9 Å². The predicted molar refractivity (Wildman–Crippen MR) is 114 cm³/mol. The number of hydrogen-bond acceptors (Lipinski definition) is 6. The van der Waals surface area contributed by atoms with Crippen molar-refractivity contribution in [2.45, 2.75) is 69.6 Å². The van der Waals surface area contributed by atoms with Gasteiger partial charge in [0.1, 0.15) is 5.76 Å². The monoisotopic (exact) mass is 417 g/mol. The van der Waals surface area contributed by atoms with E-state index >= 15 is 0 Å². The number of furan rings is 1. The van der Waals surface area contributed by atoms with Crippen molar-refractivity contribution in [1.29, 1.82) is 0 Å². The van der Waals surface area contributed by atoms with Gasteiger partial charge in [0, 0.05) is 25.7 Å². The molecule has 29 heavy (non-hydrogen) atoms. The second-order valence-electron chi connectivity index (χ2n) is 7.90. The molecule has 2 aliphatic rings. The summed E-state index contributed by atoms with van der Waals surface area (Å²) in [6.07, 6.45) is 10.1. The third kappa shape index (κ3) is 4.79. The molecule has 1 aliphatic heterocycles. The van der Waals surface area contributed by atoms with Crippen LogP contribution in [0.3, 0.4) is 0 Å². The Balaban J connectivity index is 1.46. The summed E-state index contributed by atoms with van der Waals surface area (Å²) in [7, 11) is 0. The SMILES string of the molecule is CCN(C(=O)CSc1nnc(N2CCCC2)n1Cc1ccco1)C1CCCCC1. The molecule has 0 radical (unpaired) electrons. The minimum Gasteiger partial charge on any atom is -0.467 e. The van der Waals surface area contributed by atoms with Crippen molar-refractivity contribution in [3.8, 4) is 0 Å². The fraction of sp³-hybridized carbons (Fsp3) is 0.667. The highest BCUT2D eigenvalue weighted by Crippen LogP contribution is 2.27. The van der Waals surface area contributed by atoms with Crippen LogP contribution in [-0.2, 0) is 11.3 Å². The van der Waals surface area contributed by atoms with Crippen LogP contribution in [-0.4, -0.2) is 57.0 Å². The van der Waals surface area contributed by atoms with Gasteiger partial charge in [-0.25, -0.2) is 0 Å². The predicted octanol–water partition coefficient (Wildman–Crippen LogP) is 3.79. The lowest BCUT2D eigenvalue weighted by Gasteiger charge is -2.33. The zero-order valence-electron chi connectivity index (χ0n) is 17.3. The maximum Gasteiger partial charge on any atom is 0.233 e. The van der Waals surface area contributed by atoms with Crippen molar-refractivity contribution in [2.24, 2.45) is 0 Å². The molecular formula is C21H31N5O2S. The summed E-state index contributed by atoms with van der Waals surface area (Å²) >= 11 is 1.49. The summed E-state index contributed by atoms with van der Waals surface area (Å²) in [6, 6.07) is 4.27. The molecule has 0 atom stereocenters.